The summed E-state index contributed by atoms with van der Waals surface area (Å²) in [7, 11) is 0. The molecule has 1 aliphatic heterocycles. The van der Waals surface area contributed by atoms with Crippen LogP contribution in [0.3, 0.4) is 0 Å². The first kappa shape index (κ1) is 17.2. The lowest BCUT2D eigenvalue weighted by atomic mass is 9.97. The average molecular weight is 322 g/mol. The summed E-state index contributed by atoms with van der Waals surface area (Å²) >= 11 is 0. The molecule has 1 N–H and O–H groups in total. The van der Waals surface area contributed by atoms with Gasteiger partial charge in [-0.1, -0.05) is 6.07 Å². The van der Waals surface area contributed by atoms with E-state index in [2.05, 4.69) is 5.32 Å². The summed E-state index contributed by atoms with van der Waals surface area (Å²) in [5.74, 6) is -0.926. The molecular weight excluding hydrogens is 299 g/mol. The number of nitrogens with zero attached hydrogens (tertiary/aromatic N) is 1. The Morgan fingerprint density at radius 2 is 2.09 bits per heavy atom. The normalized spacial score (nSPS) is 18.4. The highest BCUT2D eigenvalue weighted by Crippen LogP contribution is 2.21. The molecule has 0 radical (unpaired) electrons. The topological polar surface area (TPSA) is 58.6 Å². The van der Waals surface area contributed by atoms with Crippen molar-refractivity contribution in [1.29, 1.82) is 0 Å². The van der Waals surface area contributed by atoms with Gasteiger partial charge in [0.25, 0.3) is 0 Å². The number of benzene rings is 1. The van der Waals surface area contributed by atoms with Crippen LogP contribution >= 0.6 is 0 Å². The molecule has 1 aromatic rings. The molecule has 6 heteroatoms. The van der Waals surface area contributed by atoms with Crippen molar-refractivity contribution in [2.24, 2.45) is 5.92 Å². The third-order valence-electron chi connectivity index (χ3n) is 3.54. The molecule has 1 aliphatic rings. The van der Waals surface area contributed by atoms with Gasteiger partial charge >= 0.3 is 6.09 Å². The Morgan fingerprint density at radius 3 is 2.74 bits per heavy atom. The fourth-order valence-corrected chi connectivity index (χ4v) is 2.49. The van der Waals surface area contributed by atoms with Crippen molar-refractivity contribution in [3.05, 3.63) is 30.1 Å². The number of carbonyl (C=O) groups excluding carboxylic acids is 2. The quantitative estimate of drug-likeness (QED) is 0.908. The van der Waals surface area contributed by atoms with E-state index in [0.717, 1.165) is 6.42 Å². The van der Waals surface area contributed by atoms with E-state index in [1.54, 1.807) is 17.0 Å². The predicted octanol–water partition coefficient (Wildman–Crippen LogP) is 3.41. The van der Waals surface area contributed by atoms with Gasteiger partial charge in [0.2, 0.25) is 5.91 Å². The van der Waals surface area contributed by atoms with Gasteiger partial charge in [-0.05, 0) is 51.8 Å². The molecule has 1 unspecified atom stereocenters. The molecule has 0 aliphatic carbocycles. The number of hydrogen-bond donors (Lipinski definition) is 1. The molecule has 0 spiro atoms. The highest BCUT2D eigenvalue weighted by molar-refractivity contribution is 5.93. The molecule has 0 aromatic heterocycles. The Labute approximate surface area is 135 Å². The monoisotopic (exact) mass is 322 g/mol. The van der Waals surface area contributed by atoms with Crippen molar-refractivity contribution in [3.63, 3.8) is 0 Å². The number of amides is 2. The van der Waals surface area contributed by atoms with Gasteiger partial charge in [-0.2, -0.15) is 0 Å². The van der Waals surface area contributed by atoms with Crippen LogP contribution in [0, 0.1) is 11.7 Å². The van der Waals surface area contributed by atoms with Gasteiger partial charge in [-0.25, -0.2) is 9.18 Å². The molecule has 1 heterocycles. The summed E-state index contributed by atoms with van der Waals surface area (Å²) in [6, 6.07) is 5.77. The van der Waals surface area contributed by atoms with Crippen molar-refractivity contribution in [2.75, 3.05) is 18.4 Å². The fourth-order valence-electron chi connectivity index (χ4n) is 2.49. The van der Waals surface area contributed by atoms with Gasteiger partial charge in [-0.15, -0.1) is 0 Å². The molecule has 23 heavy (non-hydrogen) atoms. The van der Waals surface area contributed by atoms with Crippen LogP contribution < -0.4 is 5.32 Å². The lowest BCUT2D eigenvalue weighted by Gasteiger charge is -2.33. The van der Waals surface area contributed by atoms with E-state index >= 15 is 0 Å². The van der Waals surface area contributed by atoms with Gasteiger partial charge in [0.1, 0.15) is 11.4 Å². The summed E-state index contributed by atoms with van der Waals surface area (Å²) in [6.07, 6.45) is 1.03. The molecule has 0 saturated carbocycles. The van der Waals surface area contributed by atoms with Gasteiger partial charge < -0.3 is 15.0 Å². The number of likely N-dealkylation sites (tertiary alicyclic amines) is 1. The zero-order chi connectivity index (χ0) is 17.0. The van der Waals surface area contributed by atoms with Crippen LogP contribution in [0.25, 0.3) is 0 Å². The molecule has 1 atom stereocenters. The van der Waals surface area contributed by atoms with Crippen LogP contribution in [-0.4, -0.2) is 35.6 Å². The number of anilines is 1. The number of piperidine rings is 1. The maximum atomic E-state index is 13.2. The van der Waals surface area contributed by atoms with Crippen LogP contribution in [0.2, 0.25) is 0 Å². The molecule has 2 rings (SSSR count). The minimum atomic E-state index is -0.562. The van der Waals surface area contributed by atoms with Gasteiger partial charge in [-0.3, -0.25) is 4.79 Å². The second-order valence-corrected chi connectivity index (χ2v) is 6.77. The standard InChI is InChI=1S/C17H23FN2O3/c1-17(2,3)23-16(22)20-9-5-6-12(11-20)15(21)19-14-8-4-7-13(18)10-14/h4,7-8,10,12H,5-6,9,11H2,1-3H3,(H,19,21). The predicted molar refractivity (Wildman–Crippen MR) is 85.6 cm³/mol. The Hall–Kier alpha value is -2.11. The maximum Gasteiger partial charge on any atom is 0.410 e. The molecule has 1 aromatic carbocycles. The van der Waals surface area contributed by atoms with Crippen LogP contribution in [0.1, 0.15) is 33.6 Å². The first-order chi connectivity index (χ1) is 10.7. The summed E-state index contributed by atoms with van der Waals surface area (Å²) in [5, 5.41) is 2.70. The summed E-state index contributed by atoms with van der Waals surface area (Å²) in [4.78, 5) is 26.0. The van der Waals surface area contributed by atoms with Crippen LogP contribution in [0.5, 0.6) is 0 Å². The fraction of sp³-hybridized carbons (Fsp3) is 0.529. The molecule has 1 fully saturated rings. The van der Waals surface area contributed by atoms with Crippen molar-refractivity contribution >= 4 is 17.7 Å². The Kier molecular flexibility index (Phi) is 5.23. The Balaban J connectivity index is 1.95. The summed E-state index contributed by atoms with van der Waals surface area (Å²) in [5.41, 5.74) is -0.141. The summed E-state index contributed by atoms with van der Waals surface area (Å²) in [6.45, 7) is 6.32. The van der Waals surface area contributed by atoms with E-state index in [-0.39, 0.29) is 11.8 Å². The van der Waals surface area contributed by atoms with Crippen molar-refractivity contribution < 1.29 is 18.7 Å². The van der Waals surface area contributed by atoms with Crippen molar-refractivity contribution in [3.8, 4) is 0 Å². The van der Waals surface area contributed by atoms with Crippen LogP contribution in [-0.2, 0) is 9.53 Å². The first-order valence-corrected chi connectivity index (χ1v) is 7.79. The molecule has 5 nitrogen and oxygen atoms in total. The minimum absolute atomic E-state index is 0.205. The molecule has 2 amide bonds. The Bertz CT molecular complexity index is 583. The highest BCUT2D eigenvalue weighted by Gasteiger charge is 2.31. The SMILES string of the molecule is CC(C)(C)OC(=O)N1CCCC(C(=O)Nc2cccc(F)c2)C1. The number of nitrogens with one attached hydrogen (secondary N) is 1. The molecule has 0 bridgehead atoms. The smallest absolute Gasteiger partial charge is 0.410 e. The lowest BCUT2D eigenvalue weighted by Crippen LogP contribution is -2.45. The third-order valence-corrected chi connectivity index (χ3v) is 3.54. The van der Waals surface area contributed by atoms with Crippen molar-refractivity contribution in [1.82, 2.24) is 4.90 Å². The second-order valence-electron chi connectivity index (χ2n) is 6.77. The van der Waals surface area contributed by atoms with E-state index in [1.807, 2.05) is 20.8 Å². The third kappa shape index (κ3) is 5.23. The zero-order valence-electron chi connectivity index (χ0n) is 13.8. The Morgan fingerprint density at radius 1 is 1.35 bits per heavy atom. The van der Waals surface area contributed by atoms with Gasteiger partial charge in [0.15, 0.2) is 0 Å². The largest absolute Gasteiger partial charge is 0.444 e. The van der Waals surface area contributed by atoms with Gasteiger partial charge in [0.05, 0.1) is 5.92 Å². The molecule has 1 saturated heterocycles. The number of carbonyl (C=O) groups is 2. The van der Waals surface area contributed by atoms with Crippen LogP contribution in [0.15, 0.2) is 24.3 Å². The van der Waals surface area contributed by atoms with Gasteiger partial charge in [0, 0.05) is 18.8 Å². The highest BCUT2D eigenvalue weighted by atomic mass is 19.1. The lowest BCUT2D eigenvalue weighted by molar-refractivity contribution is -0.121. The first-order valence-electron chi connectivity index (χ1n) is 7.79. The number of ether oxygens (including phenoxy) is 1. The maximum absolute atomic E-state index is 13.2. The van der Waals surface area contributed by atoms with Crippen LogP contribution in [0.4, 0.5) is 14.9 Å². The minimum Gasteiger partial charge on any atom is -0.444 e. The van der Waals surface area contributed by atoms with E-state index in [1.165, 1.54) is 12.1 Å². The van der Waals surface area contributed by atoms with E-state index < -0.39 is 17.5 Å². The van der Waals surface area contributed by atoms with E-state index in [9.17, 15) is 14.0 Å². The number of rotatable bonds is 2. The number of halogens is 1. The van der Waals surface area contributed by atoms with E-state index in [4.69, 9.17) is 4.74 Å². The van der Waals surface area contributed by atoms with E-state index in [0.29, 0.717) is 25.2 Å². The molecular formula is C17H23FN2O3. The molecule has 126 valence electrons. The summed E-state index contributed by atoms with van der Waals surface area (Å²) < 4.78 is 18.5. The zero-order valence-corrected chi connectivity index (χ0v) is 13.8. The average Bonchev–Trinajstić information content (AvgIpc) is 2.45. The second kappa shape index (κ2) is 6.98. The number of hydrogen-bond acceptors (Lipinski definition) is 3. The van der Waals surface area contributed by atoms with Crippen molar-refractivity contribution in [2.45, 2.75) is 39.2 Å².